The van der Waals surface area contributed by atoms with Crippen molar-refractivity contribution in [2.75, 3.05) is 10.6 Å². The second-order valence-electron chi connectivity index (χ2n) is 8.78. The fourth-order valence-corrected chi connectivity index (χ4v) is 5.08. The number of benzene rings is 3. The normalized spacial score (nSPS) is 11.6. The quantitative estimate of drug-likeness (QED) is 0.227. The zero-order chi connectivity index (χ0) is 27.4. The molecule has 1 heterocycles. The number of carbonyl (C=O) groups is 1. The maximum Gasteiger partial charge on any atom is 0.271 e. The molecule has 7 nitrogen and oxygen atoms in total. The van der Waals surface area contributed by atoms with Crippen LogP contribution in [0.3, 0.4) is 0 Å². The Morgan fingerprint density at radius 2 is 1.66 bits per heavy atom. The molecule has 0 radical (unpaired) electrons. The zero-order valence-electron chi connectivity index (χ0n) is 21.0. The molecule has 0 aliphatic carbocycles. The molecule has 1 aromatic heterocycles. The first-order valence-corrected chi connectivity index (χ1v) is 13.9. The number of hydrogen-bond donors (Lipinski definition) is 1. The van der Waals surface area contributed by atoms with Crippen molar-refractivity contribution in [1.82, 2.24) is 9.99 Å². The first-order valence-electron chi connectivity index (χ1n) is 11.6. The number of hydrogen-bond acceptors (Lipinski definition) is 4. The predicted octanol–water partition coefficient (Wildman–Crippen LogP) is 5.62. The Morgan fingerprint density at radius 1 is 1.03 bits per heavy atom. The highest BCUT2D eigenvalue weighted by molar-refractivity contribution is 7.92. The van der Waals surface area contributed by atoms with Crippen LogP contribution in [0.25, 0.3) is 5.69 Å². The zero-order valence-corrected chi connectivity index (χ0v) is 22.6. The second kappa shape index (κ2) is 11.2. The van der Waals surface area contributed by atoms with Crippen molar-refractivity contribution >= 4 is 39.4 Å². The van der Waals surface area contributed by atoms with Crippen molar-refractivity contribution in [3.05, 3.63) is 118 Å². The summed E-state index contributed by atoms with van der Waals surface area (Å²) >= 11 is 5.93. The number of sulfonamides is 1. The van der Waals surface area contributed by atoms with Gasteiger partial charge in [-0.2, -0.15) is 5.10 Å². The van der Waals surface area contributed by atoms with E-state index in [1.165, 1.54) is 16.4 Å². The van der Waals surface area contributed by atoms with Crippen LogP contribution in [0.15, 0.2) is 84.0 Å². The van der Waals surface area contributed by atoms with Crippen LogP contribution in [0.4, 0.5) is 10.1 Å². The molecule has 4 rings (SSSR count). The van der Waals surface area contributed by atoms with Gasteiger partial charge in [0.05, 0.1) is 24.7 Å². The lowest BCUT2D eigenvalue weighted by atomic mass is 10.2. The third-order valence-electron chi connectivity index (χ3n) is 5.98. The molecule has 38 heavy (non-hydrogen) atoms. The van der Waals surface area contributed by atoms with Gasteiger partial charge in [0.25, 0.3) is 5.91 Å². The van der Waals surface area contributed by atoms with Crippen LogP contribution >= 0.6 is 11.6 Å². The molecule has 4 aromatic rings. The van der Waals surface area contributed by atoms with E-state index in [1.807, 2.05) is 24.5 Å². The summed E-state index contributed by atoms with van der Waals surface area (Å²) in [6, 6.07) is 21.3. The highest BCUT2D eigenvalue weighted by Gasteiger charge is 2.18. The standard InChI is InChI=1S/C28H26ClFN4O3S/c1-19-16-23(20(2)34(19)27-14-10-25(30)11-15-27)17-31-32-28(35)22-6-12-26(13-7-22)33(38(3,36)37)18-21-4-8-24(29)9-5-21/h4-17H,18H2,1-3H3,(H,32,35)/b31-17-. The molecule has 0 unspecified atom stereocenters. The number of rotatable bonds is 8. The van der Waals surface area contributed by atoms with Gasteiger partial charge in [0.2, 0.25) is 10.0 Å². The summed E-state index contributed by atoms with van der Waals surface area (Å²) in [5.41, 5.74) is 7.47. The summed E-state index contributed by atoms with van der Waals surface area (Å²) in [5, 5.41) is 4.65. The lowest BCUT2D eigenvalue weighted by Crippen LogP contribution is -2.29. The van der Waals surface area contributed by atoms with E-state index in [0.717, 1.165) is 34.5 Å². The van der Waals surface area contributed by atoms with E-state index in [9.17, 15) is 17.6 Å². The summed E-state index contributed by atoms with van der Waals surface area (Å²) in [5.74, 6) is -0.747. The third-order valence-corrected chi connectivity index (χ3v) is 7.37. The monoisotopic (exact) mass is 552 g/mol. The molecule has 0 fully saturated rings. The lowest BCUT2D eigenvalue weighted by Gasteiger charge is -2.22. The van der Waals surface area contributed by atoms with Crippen LogP contribution in [0, 0.1) is 19.7 Å². The molecule has 1 amide bonds. The molecule has 196 valence electrons. The number of halogens is 2. The van der Waals surface area contributed by atoms with Gasteiger partial charge in [-0.3, -0.25) is 9.10 Å². The molecular weight excluding hydrogens is 527 g/mol. The molecule has 1 N–H and O–H groups in total. The van der Waals surface area contributed by atoms with Crippen molar-refractivity contribution < 1.29 is 17.6 Å². The molecule has 3 aromatic carbocycles. The van der Waals surface area contributed by atoms with Crippen LogP contribution in [0.1, 0.15) is 32.9 Å². The molecule has 0 atom stereocenters. The van der Waals surface area contributed by atoms with Crippen LogP contribution in [0.2, 0.25) is 5.02 Å². The van der Waals surface area contributed by atoms with Crippen molar-refractivity contribution in [3.63, 3.8) is 0 Å². The van der Waals surface area contributed by atoms with Crippen LogP contribution < -0.4 is 9.73 Å². The minimum atomic E-state index is -3.58. The summed E-state index contributed by atoms with van der Waals surface area (Å²) in [7, 11) is -3.58. The van der Waals surface area contributed by atoms with Gasteiger partial charge in [-0.1, -0.05) is 23.7 Å². The Bertz CT molecular complexity index is 1580. The first kappa shape index (κ1) is 27.1. The second-order valence-corrected chi connectivity index (χ2v) is 11.1. The van der Waals surface area contributed by atoms with Crippen molar-refractivity contribution in [1.29, 1.82) is 0 Å². The predicted molar refractivity (Wildman–Crippen MR) is 149 cm³/mol. The average molecular weight is 553 g/mol. The van der Waals surface area contributed by atoms with E-state index in [1.54, 1.807) is 66.9 Å². The number of hydrazone groups is 1. The molecule has 0 spiro atoms. The minimum absolute atomic E-state index is 0.127. The van der Waals surface area contributed by atoms with Crippen molar-refractivity contribution in [2.45, 2.75) is 20.4 Å². The topological polar surface area (TPSA) is 83.8 Å². The summed E-state index contributed by atoms with van der Waals surface area (Å²) in [6.07, 6.45) is 2.68. The fourth-order valence-electron chi connectivity index (χ4n) is 4.07. The van der Waals surface area contributed by atoms with Crippen LogP contribution in [-0.2, 0) is 16.6 Å². The fraction of sp³-hybridized carbons (Fsp3) is 0.143. The Balaban J connectivity index is 1.46. The highest BCUT2D eigenvalue weighted by Crippen LogP contribution is 2.23. The van der Waals surface area contributed by atoms with Gasteiger partial charge in [0.15, 0.2) is 0 Å². The van der Waals surface area contributed by atoms with Crippen LogP contribution in [-0.4, -0.2) is 31.4 Å². The number of carbonyl (C=O) groups excluding carboxylic acids is 1. The number of amides is 1. The maximum absolute atomic E-state index is 13.3. The molecule has 0 saturated heterocycles. The number of nitrogens with one attached hydrogen (secondary N) is 1. The van der Waals surface area contributed by atoms with E-state index in [-0.39, 0.29) is 12.4 Å². The highest BCUT2D eigenvalue weighted by atomic mass is 35.5. The smallest absolute Gasteiger partial charge is 0.271 e. The Morgan fingerprint density at radius 3 is 2.26 bits per heavy atom. The SMILES string of the molecule is Cc1cc(/C=N\NC(=O)c2ccc(N(Cc3ccc(Cl)cc3)S(C)(=O)=O)cc2)c(C)n1-c1ccc(F)cc1. The van der Waals surface area contributed by atoms with Gasteiger partial charge in [-0.25, -0.2) is 18.2 Å². The molecule has 10 heteroatoms. The van der Waals surface area contributed by atoms with E-state index in [0.29, 0.717) is 16.3 Å². The Kier molecular flexibility index (Phi) is 7.99. The number of anilines is 1. The van der Waals surface area contributed by atoms with Crippen molar-refractivity contribution in [2.24, 2.45) is 5.10 Å². The molecule has 0 bridgehead atoms. The minimum Gasteiger partial charge on any atom is -0.318 e. The first-order chi connectivity index (χ1) is 18.0. The summed E-state index contributed by atoms with van der Waals surface area (Å²) in [4.78, 5) is 12.6. The van der Waals surface area contributed by atoms with E-state index in [2.05, 4.69) is 10.5 Å². The number of nitrogens with zero attached hydrogens (tertiary/aromatic N) is 3. The van der Waals surface area contributed by atoms with Gasteiger partial charge in [-0.15, -0.1) is 0 Å². The van der Waals surface area contributed by atoms with Gasteiger partial charge >= 0.3 is 0 Å². The maximum atomic E-state index is 13.3. The molecular formula is C28H26ClFN4O3S. The number of aryl methyl sites for hydroxylation is 1. The Labute approximate surface area is 226 Å². The summed E-state index contributed by atoms with van der Waals surface area (Å²) in [6.45, 7) is 3.97. The van der Waals surface area contributed by atoms with Gasteiger partial charge in [-0.05, 0) is 86.1 Å². The van der Waals surface area contributed by atoms with E-state index >= 15 is 0 Å². The van der Waals surface area contributed by atoms with E-state index < -0.39 is 15.9 Å². The summed E-state index contributed by atoms with van der Waals surface area (Å²) < 4.78 is 41.4. The van der Waals surface area contributed by atoms with Gasteiger partial charge in [0, 0.05) is 33.2 Å². The number of aromatic nitrogens is 1. The Hall–Kier alpha value is -3.95. The largest absolute Gasteiger partial charge is 0.318 e. The van der Waals surface area contributed by atoms with E-state index in [4.69, 9.17) is 11.6 Å². The average Bonchev–Trinajstić information content (AvgIpc) is 3.16. The molecule has 0 aliphatic heterocycles. The van der Waals surface area contributed by atoms with Gasteiger partial charge < -0.3 is 4.57 Å². The molecule has 0 aliphatic rings. The molecule has 0 saturated carbocycles. The van der Waals surface area contributed by atoms with Crippen molar-refractivity contribution in [3.8, 4) is 5.69 Å². The van der Waals surface area contributed by atoms with Gasteiger partial charge in [0.1, 0.15) is 5.82 Å². The third kappa shape index (κ3) is 6.30. The van der Waals surface area contributed by atoms with Crippen LogP contribution in [0.5, 0.6) is 0 Å². The lowest BCUT2D eigenvalue weighted by molar-refractivity contribution is 0.0955.